The highest BCUT2D eigenvalue weighted by Crippen LogP contribution is 2.34. The number of benzene rings is 2. The number of phenols is 1. The van der Waals surface area contributed by atoms with E-state index in [0.717, 1.165) is 38.1 Å². The Balaban J connectivity index is 0.000000292. The first-order valence-electron chi connectivity index (χ1n) is 8.00. The monoisotopic (exact) mass is 352 g/mol. The lowest BCUT2D eigenvalue weighted by Crippen LogP contribution is -2.30. The maximum absolute atomic E-state index is 11.6. The summed E-state index contributed by atoms with van der Waals surface area (Å²) in [5, 5.41) is 19.8. The van der Waals surface area contributed by atoms with Crippen molar-refractivity contribution in [1.82, 2.24) is 5.32 Å². The van der Waals surface area contributed by atoms with Crippen molar-refractivity contribution in [3.05, 3.63) is 35.9 Å². The molecule has 0 aromatic heterocycles. The zero-order valence-electron chi connectivity index (χ0n) is 13.8. The molecule has 1 saturated heterocycles. The fourth-order valence-corrected chi connectivity index (χ4v) is 3.56. The van der Waals surface area contributed by atoms with Crippen LogP contribution >= 0.6 is 0 Å². The van der Waals surface area contributed by atoms with E-state index < -0.39 is 10.0 Å². The molecular weight excluding hydrogens is 328 g/mol. The zero-order valence-corrected chi connectivity index (χ0v) is 14.6. The Kier molecular flexibility index (Phi) is 6.56. The van der Waals surface area contributed by atoms with Crippen LogP contribution in [0.1, 0.15) is 18.9 Å². The molecule has 0 aliphatic carbocycles. The number of rotatable bonds is 3. The smallest absolute Gasteiger partial charge is 0.242 e. The maximum atomic E-state index is 11.6. The van der Waals surface area contributed by atoms with Gasteiger partial charge in [0.2, 0.25) is 10.0 Å². The summed E-state index contributed by atoms with van der Waals surface area (Å²) in [6, 6.07) is 8.87. The van der Waals surface area contributed by atoms with E-state index in [2.05, 4.69) is 5.32 Å². The van der Waals surface area contributed by atoms with Gasteiger partial charge in [-0.2, -0.15) is 0 Å². The Labute approximate surface area is 142 Å². The molecule has 0 bridgehead atoms. The highest BCUT2D eigenvalue weighted by atomic mass is 32.2. The number of hydrogen-bond acceptors (Lipinski definition) is 5. The molecule has 6 nitrogen and oxygen atoms in total. The quantitative estimate of drug-likeness (QED) is 0.781. The molecule has 0 saturated carbocycles. The van der Waals surface area contributed by atoms with Crippen LogP contribution in [0.5, 0.6) is 5.75 Å². The van der Waals surface area contributed by atoms with Crippen molar-refractivity contribution in [2.75, 3.05) is 26.3 Å². The molecule has 1 fully saturated rings. The lowest BCUT2D eigenvalue weighted by atomic mass is 10.0. The van der Waals surface area contributed by atoms with E-state index in [9.17, 15) is 13.5 Å². The van der Waals surface area contributed by atoms with Crippen LogP contribution in [0.3, 0.4) is 0 Å². The molecule has 0 spiro atoms. The molecule has 0 amide bonds. The van der Waals surface area contributed by atoms with Gasteiger partial charge in [0.05, 0.1) is 13.2 Å². The topological polar surface area (TPSA) is 102 Å². The summed E-state index contributed by atoms with van der Waals surface area (Å²) < 4.78 is 28.2. The van der Waals surface area contributed by atoms with Crippen molar-refractivity contribution in [2.45, 2.75) is 24.7 Å². The Morgan fingerprint density at radius 1 is 1.25 bits per heavy atom. The first-order valence-corrected chi connectivity index (χ1v) is 9.54. The minimum atomic E-state index is -3.93. The van der Waals surface area contributed by atoms with Crippen molar-refractivity contribution in [1.29, 1.82) is 0 Å². The number of hydrogen-bond donors (Lipinski definition) is 3. The Morgan fingerprint density at radius 3 is 2.42 bits per heavy atom. The molecular formula is C17H24N2O4S. The van der Waals surface area contributed by atoms with Crippen LogP contribution in [0.4, 0.5) is 0 Å². The molecule has 1 heterocycles. The molecule has 0 radical (unpaired) electrons. The van der Waals surface area contributed by atoms with Crippen LogP contribution in [0.25, 0.3) is 10.8 Å². The third kappa shape index (κ3) is 4.67. The van der Waals surface area contributed by atoms with Gasteiger partial charge in [0.25, 0.3) is 0 Å². The van der Waals surface area contributed by atoms with Crippen LogP contribution < -0.4 is 10.5 Å². The predicted molar refractivity (Wildman–Crippen MR) is 94.7 cm³/mol. The van der Waals surface area contributed by atoms with Crippen LogP contribution in [0.2, 0.25) is 0 Å². The largest absolute Gasteiger partial charge is 0.506 e. The summed E-state index contributed by atoms with van der Waals surface area (Å²) in [6.45, 7) is 5.78. The number of aryl methyl sites for hydroxylation is 1. The number of phenolic OH excluding ortho intramolecular Hbond substituents is 1. The van der Waals surface area contributed by atoms with E-state index >= 15 is 0 Å². The van der Waals surface area contributed by atoms with Gasteiger partial charge in [-0.25, -0.2) is 13.6 Å². The van der Waals surface area contributed by atoms with E-state index in [-0.39, 0.29) is 10.6 Å². The summed E-state index contributed by atoms with van der Waals surface area (Å²) >= 11 is 0. The van der Waals surface area contributed by atoms with Crippen molar-refractivity contribution in [3.63, 3.8) is 0 Å². The van der Waals surface area contributed by atoms with Crippen molar-refractivity contribution in [2.24, 2.45) is 5.14 Å². The van der Waals surface area contributed by atoms with E-state index in [0.29, 0.717) is 17.4 Å². The van der Waals surface area contributed by atoms with Crippen molar-refractivity contribution < 1.29 is 18.3 Å². The van der Waals surface area contributed by atoms with Crippen molar-refractivity contribution in [3.8, 4) is 5.75 Å². The second kappa shape index (κ2) is 8.43. The fourth-order valence-electron chi connectivity index (χ4n) is 2.65. The van der Waals surface area contributed by atoms with Crippen LogP contribution in [-0.2, 0) is 21.2 Å². The number of morpholine rings is 1. The summed E-state index contributed by atoms with van der Waals surface area (Å²) in [5.74, 6) is -0.251. The van der Waals surface area contributed by atoms with Gasteiger partial charge in [0, 0.05) is 18.5 Å². The first-order chi connectivity index (χ1) is 11.4. The molecule has 2 aromatic carbocycles. The zero-order chi connectivity index (χ0) is 17.6. The van der Waals surface area contributed by atoms with Gasteiger partial charge >= 0.3 is 0 Å². The Bertz CT molecular complexity index is 775. The molecule has 3 rings (SSSR count). The predicted octanol–water partition coefficient (Wildman–Crippen LogP) is 1.75. The third-order valence-corrected chi connectivity index (χ3v) is 4.73. The molecule has 2 aromatic rings. The highest BCUT2D eigenvalue weighted by molar-refractivity contribution is 7.89. The Morgan fingerprint density at radius 2 is 1.92 bits per heavy atom. The normalized spacial score (nSPS) is 14.9. The first kappa shape index (κ1) is 18.7. The van der Waals surface area contributed by atoms with Gasteiger partial charge in [0.15, 0.2) is 0 Å². The van der Waals surface area contributed by atoms with E-state index in [1.807, 2.05) is 19.1 Å². The summed E-state index contributed by atoms with van der Waals surface area (Å²) in [7, 11) is -3.93. The summed E-state index contributed by atoms with van der Waals surface area (Å²) in [6.07, 6.45) is 1.34. The number of nitrogens with two attached hydrogens (primary N) is 1. The van der Waals surface area contributed by atoms with Crippen LogP contribution in [0.15, 0.2) is 35.2 Å². The standard InChI is InChI=1S/C13H15NO3S.C4H9NO/c1-2-5-10-8-9-6-3-4-7-11(9)12(15)13(10)18(14,16)17;1-3-6-4-2-5-1/h3-4,6-8,15H,2,5H2,1H3,(H2,14,16,17);5H,1-4H2. The van der Waals surface area contributed by atoms with E-state index in [1.165, 1.54) is 0 Å². The number of aromatic hydroxyl groups is 1. The van der Waals surface area contributed by atoms with Crippen LogP contribution in [0, 0.1) is 0 Å². The molecule has 1 aliphatic heterocycles. The van der Waals surface area contributed by atoms with Gasteiger partial charge in [0.1, 0.15) is 10.6 Å². The van der Waals surface area contributed by atoms with Gasteiger partial charge in [-0.05, 0) is 23.4 Å². The minimum absolute atomic E-state index is 0.150. The molecule has 0 atom stereocenters. The number of primary sulfonamides is 1. The average Bonchev–Trinajstić information content (AvgIpc) is 2.56. The molecule has 4 N–H and O–H groups in total. The molecule has 7 heteroatoms. The lowest BCUT2D eigenvalue weighted by Gasteiger charge is -2.12. The SMILES string of the molecule is C1COCCN1.CCCc1cc2ccccc2c(O)c1S(N)(=O)=O. The molecule has 1 aliphatic rings. The van der Waals surface area contributed by atoms with Crippen LogP contribution in [-0.4, -0.2) is 39.8 Å². The molecule has 132 valence electrons. The van der Waals surface area contributed by atoms with E-state index in [1.54, 1.807) is 18.2 Å². The highest BCUT2D eigenvalue weighted by Gasteiger charge is 2.21. The van der Waals surface area contributed by atoms with E-state index in [4.69, 9.17) is 9.88 Å². The third-order valence-electron chi connectivity index (χ3n) is 3.70. The number of ether oxygens (including phenoxy) is 1. The number of nitrogens with one attached hydrogen (secondary N) is 1. The molecule has 24 heavy (non-hydrogen) atoms. The van der Waals surface area contributed by atoms with Gasteiger partial charge in [-0.15, -0.1) is 0 Å². The summed E-state index contributed by atoms with van der Waals surface area (Å²) in [4.78, 5) is -0.150. The van der Waals surface area contributed by atoms with Gasteiger partial charge < -0.3 is 15.2 Å². The minimum Gasteiger partial charge on any atom is -0.506 e. The lowest BCUT2D eigenvalue weighted by molar-refractivity contribution is 0.109. The summed E-state index contributed by atoms with van der Waals surface area (Å²) in [5.41, 5.74) is 0.566. The molecule has 0 unspecified atom stereocenters. The Hall–Kier alpha value is -1.67. The fraction of sp³-hybridized carbons (Fsp3) is 0.412. The maximum Gasteiger partial charge on any atom is 0.242 e. The van der Waals surface area contributed by atoms with Gasteiger partial charge in [-0.3, -0.25) is 0 Å². The van der Waals surface area contributed by atoms with Gasteiger partial charge in [-0.1, -0.05) is 37.6 Å². The number of sulfonamides is 1. The average molecular weight is 352 g/mol. The second-order valence-electron chi connectivity index (χ2n) is 5.59. The van der Waals surface area contributed by atoms with Crippen molar-refractivity contribution >= 4 is 20.8 Å². The second-order valence-corrected chi connectivity index (χ2v) is 7.09. The number of fused-ring (bicyclic) bond motifs is 1.